The number of carbonyl (C=O) groups is 2. The second kappa shape index (κ2) is 16.4. The van der Waals surface area contributed by atoms with E-state index >= 15 is 0 Å². The largest absolute Gasteiger partial charge is 0.478 e. The first-order valence-corrected chi connectivity index (χ1v) is 18.5. The summed E-state index contributed by atoms with van der Waals surface area (Å²) in [5.41, 5.74) is -10.1. The van der Waals surface area contributed by atoms with Crippen LogP contribution < -0.4 is 0 Å². The Morgan fingerprint density at radius 3 is 1.38 bits per heavy atom. The highest BCUT2D eigenvalue weighted by Gasteiger charge is 2.64. The summed E-state index contributed by atoms with van der Waals surface area (Å²) in [6.45, 7) is 0. The van der Waals surface area contributed by atoms with Crippen molar-refractivity contribution in [3.8, 4) is 0 Å². The lowest BCUT2D eigenvalue weighted by atomic mass is 9.85. The fraction of sp³-hybridized carbons (Fsp3) is 0.209. The monoisotopic (exact) mass is 922 g/mol. The van der Waals surface area contributed by atoms with Crippen molar-refractivity contribution in [1.29, 1.82) is 0 Å². The van der Waals surface area contributed by atoms with E-state index < -0.39 is 82.9 Å². The van der Waals surface area contributed by atoms with Crippen LogP contribution in [-0.2, 0) is 38.0 Å². The molecule has 0 radical (unpaired) electrons. The van der Waals surface area contributed by atoms with E-state index in [1.54, 1.807) is 0 Å². The first-order chi connectivity index (χ1) is 30.4. The number of carbonyl (C=O) groups excluding carboxylic acids is 1. The molecule has 2 aliphatic rings. The molecule has 65 heavy (non-hydrogen) atoms. The Hall–Kier alpha value is -7.26. The van der Waals surface area contributed by atoms with E-state index in [1.807, 2.05) is 0 Å². The van der Waals surface area contributed by atoms with Gasteiger partial charge in [-0.3, -0.25) is 9.97 Å². The Kier molecular flexibility index (Phi) is 11.5. The molecule has 4 aromatic carbocycles. The summed E-state index contributed by atoms with van der Waals surface area (Å²) in [6, 6.07) is 13.8. The third-order valence-corrected chi connectivity index (χ3v) is 10.6. The van der Waals surface area contributed by atoms with E-state index in [4.69, 9.17) is 14.4 Å². The first-order valence-electron chi connectivity index (χ1n) is 18.5. The molecule has 0 amide bonds. The number of carboxylic acids is 1. The van der Waals surface area contributed by atoms with Gasteiger partial charge in [0.2, 0.25) is 0 Å². The van der Waals surface area contributed by atoms with E-state index in [0.717, 1.165) is 24.3 Å². The summed E-state index contributed by atoms with van der Waals surface area (Å²) in [7, 11) is 1.18. The maximum absolute atomic E-state index is 14.2. The van der Waals surface area contributed by atoms with Crippen LogP contribution in [0.15, 0.2) is 120 Å². The Morgan fingerprint density at radius 2 is 1.00 bits per heavy atom. The van der Waals surface area contributed by atoms with Crippen molar-refractivity contribution in [3.05, 3.63) is 154 Å². The van der Waals surface area contributed by atoms with Crippen molar-refractivity contribution in [1.82, 2.24) is 9.97 Å². The number of esters is 1. The van der Waals surface area contributed by atoms with Gasteiger partial charge in [-0.2, -0.15) is 52.7 Å². The zero-order valence-electron chi connectivity index (χ0n) is 32.6. The number of oxime groups is 2. The van der Waals surface area contributed by atoms with Crippen LogP contribution in [0.2, 0.25) is 0 Å². The van der Waals surface area contributed by atoms with Crippen LogP contribution >= 0.6 is 0 Å². The van der Waals surface area contributed by atoms with Gasteiger partial charge < -0.3 is 19.5 Å². The van der Waals surface area contributed by atoms with Gasteiger partial charge in [0.05, 0.1) is 40.8 Å². The molecule has 0 bridgehead atoms. The minimum atomic E-state index is -5.10. The number of aromatic carboxylic acids is 1. The number of methoxy groups -OCH3 is 1. The minimum absolute atomic E-state index is 0.115. The molecule has 0 saturated heterocycles. The number of hydrogen-bond donors (Lipinski definition) is 1. The zero-order valence-corrected chi connectivity index (χ0v) is 32.6. The Bertz CT molecular complexity index is 2910. The number of hydrogen-bond acceptors (Lipinski definition) is 9. The maximum atomic E-state index is 14.2. The van der Waals surface area contributed by atoms with Crippen molar-refractivity contribution in [3.63, 3.8) is 0 Å². The molecular weight excluding hydrogens is 896 g/mol. The molecule has 0 saturated carbocycles. The molecule has 8 rings (SSSR count). The number of fused-ring (bicyclic) bond motifs is 2. The fourth-order valence-electron chi connectivity index (χ4n) is 7.35. The van der Waals surface area contributed by atoms with Crippen molar-refractivity contribution < 1.29 is 81.8 Å². The number of carboxylic acid groups (broad SMARTS) is 1. The predicted octanol–water partition coefficient (Wildman–Crippen LogP) is 11.2. The molecule has 2 unspecified atom stereocenters. The first kappa shape index (κ1) is 45.8. The van der Waals surface area contributed by atoms with E-state index in [9.17, 15) is 67.4 Å². The fourth-order valence-corrected chi connectivity index (χ4v) is 7.35. The van der Waals surface area contributed by atoms with Gasteiger partial charge in [-0.05, 0) is 59.3 Å². The van der Waals surface area contributed by atoms with E-state index in [0.29, 0.717) is 35.0 Å². The van der Waals surface area contributed by atoms with Gasteiger partial charge in [0.1, 0.15) is 0 Å². The lowest BCUT2D eigenvalue weighted by Crippen LogP contribution is -2.42. The maximum Gasteiger partial charge on any atom is 0.435 e. The van der Waals surface area contributed by atoms with Crippen LogP contribution in [0, 0.1) is 0 Å². The highest BCUT2D eigenvalue weighted by atomic mass is 19.4. The van der Waals surface area contributed by atoms with Crippen molar-refractivity contribution in [2.75, 3.05) is 7.11 Å². The van der Waals surface area contributed by atoms with E-state index in [-0.39, 0.29) is 44.4 Å². The number of nitrogens with zero attached hydrogens (tertiary/aromatic N) is 4. The second-order valence-electron chi connectivity index (χ2n) is 14.4. The molecule has 6 aromatic rings. The predicted molar refractivity (Wildman–Crippen MR) is 205 cm³/mol. The Morgan fingerprint density at radius 1 is 0.585 bits per heavy atom. The molecule has 2 aromatic heterocycles. The van der Waals surface area contributed by atoms with Crippen molar-refractivity contribution in [2.45, 2.75) is 48.7 Å². The van der Waals surface area contributed by atoms with Gasteiger partial charge in [-0.15, -0.1) is 0 Å². The number of halogens is 12. The Labute approximate surface area is 356 Å². The van der Waals surface area contributed by atoms with Crippen molar-refractivity contribution in [2.24, 2.45) is 10.3 Å². The minimum Gasteiger partial charge on any atom is -0.478 e. The topological polar surface area (TPSA) is 133 Å². The normalized spacial score (nSPS) is 18.8. The average Bonchev–Trinajstić information content (AvgIpc) is 3.93. The molecule has 10 nitrogen and oxygen atoms in total. The highest BCUT2D eigenvalue weighted by Crippen LogP contribution is 2.51. The third kappa shape index (κ3) is 8.34. The van der Waals surface area contributed by atoms with Crippen LogP contribution in [0.1, 0.15) is 66.9 Å². The highest BCUT2D eigenvalue weighted by molar-refractivity contribution is 6.16. The number of ether oxygens (including phenoxy) is 1. The SMILES string of the molecule is COC(=O)c1ccc(C2=NOC(c3cccc(C(F)(F)F)c3)(C(F)(F)F)C2)c2ccncc12.O=C(O)c1ccc(C2=NOC(c3cccc(C(F)(F)F)c3)(C(F)(F)F)C2)c2ccncc12. The van der Waals surface area contributed by atoms with Crippen LogP contribution in [-0.4, -0.2) is 57.9 Å². The molecule has 4 heterocycles. The van der Waals surface area contributed by atoms with Gasteiger partial charge in [-0.1, -0.05) is 46.7 Å². The summed E-state index contributed by atoms with van der Waals surface area (Å²) >= 11 is 0. The Balaban J connectivity index is 0.000000194. The number of alkyl halides is 12. The quantitative estimate of drug-likeness (QED) is 0.129. The number of rotatable bonds is 6. The molecule has 0 aliphatic carbocycles. The van der Waals surface area contributed by atoms with Crippen LogP contribution in [0.5, 0.6) is 0 Å². The molecule has 0 fully saturated rings. The summed E-state index contributed by atoms with van der Waals surface area (Å²) in [6.07, 6.45) is -16.3. The van der Waals surface area contributed by atoms with Gasteiger partial charge in [0, 0.05) is 70.7 Å². The van der Waals surface area contributed by atoms with Gasteiger partial charge >= 0.3 is 36.6 Å². The molecule has 1 N–H and O–H groups in total. The third-order valence-electron chi connectivity index (χ3n) is 10.6. The zero-order chi connectivity index (χ0) is 47.3. The van der Waals surface area contributed by atoms with E-state index in [1.165, 1.54) is 68.3 Å². The smallest absolute Gasteiger partial charge is 0.435 e. The summed E-state index contributed by atoms with van der Waals surface area (Å²) in [5.74, 6) is -1.93. The standard InChI is InChI=1S/C22H14F6N2O3.C21H12F6N2O3/c1-32-19(31)16-6-5-15(14-7-8-29-11-17(14)16)18-10-20(33-30-18,22(26,27)28)12-3-2-4-13(9-12)21(23,24)25;22-20(23,24)12-3-1-2-11(8-12)19(21(25,26)27)9-17(29-32-19)14-4-5-15(18(30)31)16-10-28-7-6-13(14)16/h2-9,11H,10H2,1H3;1-8,10H,9H2,(H,30,31). The molecule has 22 heteroatoms. The summed E-state index contributed by atoms with van der Waals surface area (Å²) in [5, 5.41) is 17.6. The molecule has 2 aliphatic heterocycles. The lowest BCUT2D eigenvalue weighted by molar-refractivity contribution is -0.276. The molecular formula is C43H26F12N4O6. The van der Waals surface area contributed by atoms with Gasteiger partial charge in [-0.25, -0.2) is 9.59 Å². The average molecular weight is 923 g/mol. The number of pyridine rings is 2. The molecule has 0 spiro atoms. The lowest BCUT2D eigenvalue weighted by Gasteiger charge is -2.30. The number of benzene rings is 4. The van der Waals surface area contributed by atoms with E-state index in [2.05, 4.69) is 20.3 Å². The van der Waals surface area contributed by atoms with Crippen molar-refractivity contribution >= 4 is 44.9 Å². The van der Waals surface area contributed by atoms with Crippen LogP contribution in [0.3, 0.4) is 0 Å². The summed E-state index contributed by atoms with van der Waals surface area (Å²) < 4.78 is 168. The second-order valence-corrected chi connectivity index (χ2v) is 14.4. The molecule has 338 valence electrons. The van der Waals surface area contributed by atoms with Gasteiger partial charge in [0.25, 0.3) is 11.2 Å². The summed E-state index contributed by atoms with van der Waals surface area (Å²) in [4.78, 5) is 41.0. The molecule has 2 atom stereocenters. The van der Waals surface area contributed by atoms with Gasteiger partial charge in [0.15, 0.2) is 0 Å². The van der Waals surface area contributed by atoms with Crippen LogP contribution in [0.4, 0.5) is 52.7 Å². The number of aromatic nitrogens is 2. The van der Waals surface area contributed by atoms with Crippen LogP contribution in [0.25, 0.3) is 21.5 Å².